The number of carboxylic acid groups (broad SMARTS) is 2. The molecule has 9 N–H and O–H groups in total. The predicted octanol–water partition coefficient (Wildman–Crippen LogP) is 1.40. The van der Waals surface area contributed by atoms with E-state index in [-0.39, 0.29) is 10.6 Å². The van der Waals surface area contributed by atoms with Crippen LogP contribution in [0.1, 0.15) is 23.7 Å². The van der Waals surface area contributed by atoms with Gasteiger partial charge in [0.25, 0.3) is 0 Å². The Hall–Kier alpha value is -2.69. The summed E-state index contributed by atoms with van der Waals surface area (Å²) in [5.74, 6) is -1.47. The fourth-order valence-corrected chi connectivity index (χ4v) is 5.51. The van der Waals surface area contributed by atoms with E-state index in [9.17, 15) is 24.6 Å². The maximum Gasteiger partial charge on any atom is 0.335 e. The van der Waals surface area contributed by atoms with Gasteiger partial charge in [-0.05, 0) is 49.4 Å². The number of aromatic hydroxyl groups is 1. The number of carboxylic acids is 2. The number of fused-ring (bicyclic) bond motifs is 1. The number of aromatic amines is 1. The number of phenols is 1. The third-order valence-electron chi connectivity index (χ3n) is 5.68. The number of hydrogen-bond acceptors (Lipinski definition) is 11. The van der Waals surface area contributed by atoms with E-state index >= 15 is 0 Å². The van der Waals surface area contributed by atoms with Gasteiger partial charge in [0.1, 0.15) is 11.3 Å². The second-order valence-corrected chi connectivity index (χ2v) is 11.4. The molecule has 1 heterocycles. The van der Waals surface area contributed by atoms with Gasteiger partial charge in [0, 0.05) is 29.4 Å². The van der Waals surface area contributed by atoms with Gasteiger partial charge in [-0.25, -0.2) is 9.59 Å². The van der Waals surface area contributed by atoms with E-state index in [2.05, 4.69) is 21.7 Å². The van der Waals surface area contributed by atoms with Crippen LogP contribution in [0.15, 0.2) is 41.2 Å². The van der Waals surface area contributed by atoms with Gasteiger partial charge < -0.3 is 46.3 Å². The standard InChI is InChI=1S/C22H28ClN3O3S2.C4H6O6/c23-17-5-2-1-4-15(17)8-10-24-9-3-12-30-13-11-25-14-19(28)16-6-7-18(27)20-21(16)31-22(29)26-20;5-1(3(7)8)2(6)4(9)10/h1-2,4-7,19,24-25,27-28H,3,8-14H2,(H,26,29);1-2,5-6H,(H,7,8)(H,9,10)/t19-;1-,2-/m00/s1. The summed E-state index contributed by atoms with van der Waals surface area (Å²) in [7, 11) is 0. The van der Waals surface area contributed by atoms with Crippen LogP contribution in [0.4, 0.5) is 0 Å². The van der Waals surface area contributed by atoms with Crippen molar-refractivity contribution in [3.8, 4) is 5.75 Å². The molecule has 0 aliphatic carbocycles. The highest BCUT2D eigenvalue weighted by atomic mass is 35.5. The molecule has 0 amide bonds. The van der Waals surface area contributed by atoms with Crippen LogP contribution in [0.2, 0.25) is 5.02 Å². The molecular formula is C26H34ClN3O9S2. The Morgan fingerprint density at radius 2 is 1.63 bits per heavy atom. The van der Waals surface area contributed by atoms with Crippen LogP contribution in [-0.4, -0.2) is 97.5 Å². The normalized spacial score (nSPS) is 13.3. The van der Waals surface area contributed by atoms with Gasteiger partial charge >= 0.3 is 16.8 Å². The second kappa shape index (κ2) is 18.0. The van der Waals surface area contributed by atoms with E-state index in [1.807, 2.05) is 30.0 Å². The van der Waals surface area contributed by atoms with Gasteiger partial charge in [0.15, 0.2) is 12.2 Å². The molecule has 0 spiro atoms. The Labute approximate surface area is 249 Å². The lowest BCUT2D eigenvalue weighted by molar-refractivity contribution is -0.165. The Morgan fingerprint density at radius 1 is 0.951 bits per heavy atom. The lowest BCUT2D eigenvalue weighted by Crippen LogP contribution is -2.39. The molecule has 15 heteroatoms. The molecule has 0 unspecified atom stereocenters. The fraction of sp³-hybridized carbons (Fsp3) is 0.423. The second-order valence-electron chi connectivity index (χ2n) is 8.74. The summed E-state index contributed by atoms with van der Waals surface area (Å²) in [4.78, 5) is 33.5. The van der Waals surface area contributed by atoms with E-state index < -0.39 is 30.3 Å². The molecule has 0 saturated heterocycles. The minimum absolute atomic E-state index is 0.0204. The largest absolute Gasteiger partial charge is 0.506 e. The lowest BCUT2D eigenvalue weighted by Gasteiger charge is -2.13. The zero-order valence-corrected chi connectivity index (χ0v) is 24.3. The monoisotopic (exact) mass is 631 g/mol. The molecule has 0 bridgehead atoms. The first-order valence-corrected chi connectivity index (χ1v) is 14.9. The topological polar surface area (TPSA) is 212 Å². The Bertz CT molecular complexity index is 1300. The Morgan fingerprint density at radius 3 is 2.29 bits per heavy atom. The summed E-state index contributed by atoms with van der Waals surface area (Å²) in [6.45, 7) is 3.11. The van der Waals surface area contributed by atoms with Crippen LogP contribution in [0.3, 0.4) is 0 Å². The van der Waals surface area contributed by atoms with Crippen molar-refractivity contribution in [1.29, 1.82) is 0 Å². The number of benzene rings is 2. The third-order valence-corrected chi connectivity index (χ3v) is 8.05. The van der Waals surface area contributed by atoms with Gasteiger partial charge in [0.05, 0.1) is 10.8 Å². The molecule has 2 aromatic carbocycles. The number of thioether (sulfide) groups is 1. The quantitative estimate of drug-likeness (QED) is 0.103. The van der Waals surface area contributed by atoms with Crippen molar-refractivity contribution in [3.05, 3.63) is 62.2 Å². The molecular weight excluding hydrogens is 598 g/mol. The van der Waals surface area contributed by atoms with E-state index in [4.69, 9.17) is 32.0 Å². The zero-order valence-electron chi connectivity index (χ0n) is 22.0. The highest BCUT2D eigenvalue weighted by Gasteiger charge is 2.29. The highest BCUT2D eigenvalue weighted by molar-refractivity contribution is 7.99. The van der Waals surface area contributed by atoms with Gasteiger partial charge in [-0.1, -0.05) is 47.2 Å². The summed E-state index contributed by atoms with van der Waals surface area (Å²) in [6.07, 6.45) is -3.23. The van der Waals surface area contributed by atoms with Crippen molar-refractivity contribution in [3.63, 3.8) is 0 Å². The average Bonchev–Trinajstić information content (AvgIpc) is 3.34. The van der Waals surface area contributed by atoms with Crippen molar-refractivity contribution >= 4 is 56.9 Å². The predicted molar refractivity (Wildman–Crippen MR) is 159 cm³/mol. The van der Waals surface area contributed by atoms with Crippen LogP contribution in [-0.2, 0) is 16.0 Å². The molecule has 3 aromatic rings. The molecule has 0 radical (unpaired) electrons. The zero-order chi connectivity index (χ0) is 30.4. The van der Waals surface area contributed by atoms with E-state index in [1.165, 1.54) is 11.6 Å². The van der Waals surface area contributed by atoms with E-state index in [0.717, 1.165) is 60.3 Å². The lowest BCUT2D eigenvalue weighted by atomic mass is 10.1. The minimum atomic E-state index is -2.27. The maximum atomic E-state index is 11.6. The van der Waals surface area contributed by atoms with Gasteiger partial charge in [-0.2, -0.15) is 11.8 Å². The summed E-state index contributed by atoms with van der Waals surface area (Å²) < 4.78 is 0.607. The van der Waals surface area contributed by atoms with Crippen molar-refractivity contribution < 1.29 is 40.2 Å². The van der Waals surface area contributed by atoms with Gasteiger partial charge in [-0.3, -0.25) is 4.79 Å². The first kappa shape index (κ1) is 34.5. The number of aliphatic hydroxyl groups is 3. The molecule has 1 aromatic heterocycles. The van der Waals surface area contributed by atoms with Crippen LogP contribution in [0.25, 0.3) is 10.2 Å². The van der Waals surface area contributed by atoms with Gasteiger partial charge in [0.2, 0.25) is 0 Å². The van der Waals surface area contributed by atoms with E-state index in [0.29, 0.717) is 22.3 Å². The maximum absolute atomic E-state index is 11.6. The van der Waals surface area contributed by atoms with Crippen LogP contribution >= 0.6 is 34.7 Å². The first-order chi connectivity index (χ1) is 19.5. The fourth-order valence-electron chi connectivity index (χ4n) is 3.52. The molecule has 0 fully saturated rings. The summed E-state index contributed by atoms with van der Waals surface area (Å²) in [5.41, 5.74) is 2.22. The molecule has 3 atom stereocenters. The molecule has 12 nitrogen and oxygen atoms in total. The number of rotatable bonds is 16. The van der Waals surface area contributed by atoms with Gasteiger partial charge in [-0.15, -0.1) is 0 Å². The van der Waals surface area contributed by atoms with Crippen LogP contribution in [0.5, 0.6) is 5.75 Å². The summed E-state index contributed by atoms with van der Waals surface area (Å²) in [5, 5.41) is 60.4. The number of H-pyrrole nitrogens is 1. The number of phenolic OH excluding ortho intramolecular Hbond substituents is 1. The van der Waals surface area contributed by atoms with Crippen LogP contribution in [0, 0.1) is 0 Å². The average molecular weight is 632 g/mol. The van der Waals surface area contributed by atoms with Crippen LogP contribution < -0.4 is 15.5 Å². The number of aliphatic hydroxyl groups excluding tert-OH is 3. The molecule has 41 heavy (non-hydrogen) atoms. The number of halogens is 1. The first-order valence-electron chi connectivity index (χ1n) is 12.6. The molecule has 0 aliphatic heterocycles. The van der Waals surface area contributed by atoms with Crippen molar-refractivity contribution in [2.24, 2.45) is 0 Å². The number of aromatic nitrogens is 1. The molecule has 0 aliphatic rings. The number of thiazole rings is 1. The molecule has 3 rings (SSSR count). The van der Waals surface area contributed by atoms with Crippen molar-refractivity contribution in [2.75, 3.05) is 37.7 Å². The number of hydrogen-bond donors (Lipinski definition) is 9. The number of nitrogens with one attached hydrogen (secondary N) is 3. The highest BCUT2D eigenvalue weighted by Crippen LogP contribution is 2.31. The van der Waals surface area contributed by atoms with Crippen molar-refractivity contribution in [2.45, 2.75) is 31.2 Å². The third kappa shape index (κ3) is 11.6. The SMILES string of the molecule is O=C(O)[C@@H](O)[C@H](O)C(=O)O.O=c1[nH]c2c(O)ccc([C@@H](O)CNCCSCCCNCCc3ccccc3Cl)c2s1. The van der Waals surface area contributed by atoms with Crippen molar-refractivity contribution in [1.82, 2.24) is 15.6 Å². The Balaban J connectivity index is 0.000000503. The minimum Gasteiger partial charge on any atom is -0.506 e. The van der Waals surface area contributed by atoms with E-state index in [1.54, 1.807) is 6.07 Å². The summed E-state index contributed by atoms with van der Waals surface area (Å²) in [6, 6.07) is 11.1. The summed E-state index contributed by atoms with van der Waals surface area (Å²) >= 11 is 9.04. The molecule has 0 saturated carbocycles. The number of aliphatic carboxylic acids is 2. The Kier molecular flexibility index (Phi) is 15.1. The smallest absolute Gasteiger partial charge is 0.335 e. The molecule has 226 valence electrons. The number of carbonyl (C=O) groups is 2.